The molecule has 0 amide bonds. The molecule has 21 heavy (non-hydrogen) atoms. The highest BCUT2D eigenvalue weighted by atomic mass is 32.2. The predicted octanol–water partition coefficient (Wildman–Crippen LogP) is 2.04. The summed E-state index contributed by atoms with van der Waals surface area (Å²) in [5.41, 5.74) is 1.50. The van der Waals surface area contributed by atoms with Gasteiger partial charge in [-0.15, -0.1) is 0 Å². The van der Waals surface area contributed by atoms with Gasteiger partial charge in [-0.25, -0.2) is 4.98 Å². The molecule has 0 radical (unpaired) electrons. The van der Waals surface area contributed by atoms with Gasteiger partial charge < -0.3 is 10.3 Å². The number of hydrogen-bond acceptors (Lipinski definition) is 5. The second-order valence-electron chi connectivity index (χ2n) is 4.94. The van der Waals surface area contributed by atoms with Crippen molar-refractivity contribution in [2.45, 2.75) is 35.5 Å². The summed E-state index contributed by atoms with van der Waals surface area (Å²) in [6, 6.07) is 10.0. The number of H-pyrrole nitrogens is 1. The third-order valence-corrected chi connectivity index (χ3v) is 4.17. The van der Waals surface area contributed by atoms with Gasteiger partial charge in [0.25, 0.3) is 5.56 Å². The summed E-state index contributed by atoms with van der Waals surface area (Å²) in [6.45, 7) is 0.782. The number of nitriles is 1. The maximum absolute atomic E-state index is 11.3. The standard InChI is InChI=1S/C15H14N4OS/c16-8-11-7-10(9-18-12-2-3-12)1-4-13(11)21-15-17-6-5-14(20)19-15/h1,4-7,12,18H,2-3,9H2,(H,17,19,20). The summed E-state index contributed by atoms with van der Waals surface area (Å²) in [4.78, 5) is 18.8. The summed E-state index contributed by atoms with van der Waals surface area (Å²) < 4.78 is 0. The molecule has 0 spiro atoms. The fourth-order valence-corrected chi connectivity index (χ4v) is 2.75. The fourth-order valence-electron chi connectivity index (χ4n) is 1.92. The minimum Gasteiger partial charge on any atom is -0.310 e. The van der Waals surface area contributed by atoms with Crippen molar-refractivity contribution in [3.8, 4) is 6.07 Å². The van der Waals surface area contributed by atoms with Crippen LogP contribution in [0.3, 0.4) is 0 Å². The summed E-state index contributed by atoms with van der Waals surface area (Å²) in [6.07, 6.45) is 3.94. The van der Waals surface area contributed by atoms with Crippen LogP contribution in [0.4, 0.5) is 0 Å². The quantitative estimate of drug-likeness (QED) is 0.826. The topological polar surface area (TPSA) is 81.6 Å². The highest BCUT2D eigenvalue weighted by molar-refractivity contribution is 7.99. The molecule has 106 valence electrons. The molecule has 0 saturated heterocycles. The Labute approximate surface area is 126 Å². The number of nitrogens with one attached hydrogen (secondary N) is 2. The van der Waals surface area contributed by atoms with E-state index >= 15 is 0 Å². The van der Waals surface area contributed by atoms with Crippen molar-refractivity contribution in [2.24, 2.45) is 0 Å². The smallest absolute Gasteiger partial charge is 0.251 e. The first kappa shape index (κ1) is 13.9. The van der Waals surface area contributed by atoms with Gasteiger partial charge >= 0.3 is 0 Å². The van der Waals surface area contributed by atoms with E-state index < -0.39 is 0 Å². The number of nitrogens with zero attached hydrogens (tertiary/aromatic N) is 2. The average molecular weight is 298 g/mol. The minimum atomic E-state index is -0.198. The molecule has 1 aromatic heterocycles. The van der Waals surface area contributed by atoms with Crippen LogP contribution in [0, 0.1) is 11.3 Å². The average Bonchev–Trinajstić information content (AvgIpc) is 3.30. The van der Waals surface area contributed by atoms with Crippen LogP contribution in [-0.2, 0) is 6.54 Å². The van der Waals surface area contributed by atoms with E-state index in [1.807, 2.05) is 18.2 Å². The lowest BCUT2D eigenvalue weighted by atomic mass is 10.1. The van der Waals surface area contributed by atoms with Crippen LogP contribution in [0.5, 0.6) is 0 Å². The van der Waals surface area contributed by atoms with E-state index in [9.17, 15) is 10.1 Å². The molecule has 1 aliphatic rings. The van der Waals surface area contributed by atoms with E-state index in [1.54, 1.807) is 0 Å². The van der Waals surface area contributed by atoms with Crippen molar-refractivity contribution in [1.82, 2.24) is 15.3 Å². The van der Waals surface area contributed by atoms with Crippen molar-refractivity contribution < 1.29 is 0 Å². The van der Waals surface area contributed by atoms with Gasteiger partial charge in [0.15, 0.2) is 5.16 Å². The predicted molar refractivity (Wildman–Crippen MR) is 80.0 cm³/mol. The summed E-state index contributed by atoms with van der Waals surface area (Å²) >= 11 is 1.29. The highest BCUT2D eigenvalue weighted by Crippen LogP contribution is 2.28. The molecule has 3 rings (SSSR count). The Kier molecular flexibility index (Phi) is 4.04. The maximum atomic E-state index is 11.3. The van der Waals surface area contributed by atoms with E-state index in [2.05, 4.69) is 21.4 Å². The van der Waals surface area contributed by atoms with Crippen molar-refractivity contribution >= 4 is 11.8 Å². The first-order valence-electron chi connectivity index (χ1n) is 6.74. The van der Waals surface area contributed by atoms with Crippen LogP contribution in [0.25, 0.3) is 0 Å². The molecule has 0 atom stereocenters. The lowest BCUT2D eigenvalue weighted by Gasteiger charge is -2.07. The Bertz CT molecular complexity index is 746. The number of hydrogen-bond donors (Lipinski definition) is 2. The molecule has 1 aliphatic carbocycles. The Morgan fingerprint density at radius 3 is 3.00 bits per heavy atom. The van der Waals surface area contributed by atoms with Crippen LogP contribution in [0.15, 0.2) is 45.3 Å². The van der Waals surface area contributed by atoms with Crippen molar-refractivity contribution in [3.63, 3.8) is 0 Å². The normalized spacial score (nSPS) is 13.9. The third kappa shape index (κ3) is 3.72. The zero-order valence-electron chi connectivity index (χ0n) is 11.3. The molecular formula is C15H14N4OS. The summed E-state index contributed by atoms with van der Waals surface area (Å²) in [7, 11) is 0. The number of benzene rings is 1. The SMILES string of the molecule is N#Cc1cc(CNC2CC2)ccc1Sc1nccc(=O)[nH]1. The third-order valence-electron chi connectivity index (χ3n) is 3.19. The van der Waals surface area contributed by atoms with Crippen LogP contribution < -0.4 is 10.9 Å². The first-order chi connectivity index (χ1) is 10.2. The maximum Gasteiger partial charge on any atom is 0.251 e. The molecule has 1 aromatic carbocycles. The van der Waals surface area contributed by atoms with Gasteiger partial charge in [0.2, 0.25) is 0 Å². The molecule has 1 heterocycles. The monoisotopic (exact) mass is 298 g/mol. The molecule has 1 saturated carbocycles. The van der Waals surface area contributed by atoms with Gasteiger partial charge in [-0.3, -0.25) is 4.79 Å². The number of aromatic nitrogens is 2. The van der Waals surface area contributed by atoms with E-state index in [-0.39, 0.29) is 5.56 Å². The fraction of sp³-hybridized carbons (Fsp3) is 0.267. The van der Waals surface area contributed by atoms with Gasteiger partial charge in [-0.2, -0.15) is 5.26 Å². The van der Waals surface area contributed by atoms with Crippen LogP contribution in [-0.4, -0.2) is 16.0 Å². The van der Waals surface area contributed by atoms with Gasteiger partial charge in [-0.05, 0) is 30.5 Å². The van der Waals surface area contributed by atoms with Gasteiger partial charge in [-0.1, -0.05) is 17.8 Å². The Morgan fingerprint density at radius 2 is 2.29 bits per heavy atom. The second kappa shape index (κ2) is 6.12. The van der Waals surface area contributed by atoms with E-state index in [4.69, 9.17) is 0 Å². The van der Waals surface area contributed by atoms with E-state index in [1.165, 1.54) is 36.9 Å². The minimum absolute atomic E-state index is 0.198. The number of aromatic amines is 1. The Hall–Kier alpha value is -2.10. The molecule has 0 aliphatic heterocycles. The molecule has 5 nitrogen and oxygen atoms in total. The van der Waals surface area contributed by atoms with Crippen molar-refractivity contribution in [2.75, 3.05) is 0 Å². The largest absolute Gasteiger partial charge is 0.310 e. The molecule has 1 fully saturated rings. The second-order valence-corrected chi connectivity index (χ2v) is 5.97. The van der Waals surface area contributed by atoms with Gasteiger partial charge in [0.05, 0.1) is 5.56 Å². The lowest BCUT2D eigenvalue weighted by molar-refractivity contribution is 0.687. The highest BCUT2D eigenvalue weighted by Gasteiger charge is 2.20. The molecule has 0 bridgehead atoms. The lowest BCUT2D eigenvalue weighted by Crippen LogP contribution is -2.15. The van der Waals surface area contributed by atoms with Gasteiger partial charge in [0, 0.05) is 29.7 Å². The van der Waals surface area contributed by atoms with Crippen LogP contribution in [0.1, 0.15) is 24.0 Å². The van der Waals surface area contributed by atoms with Crippen molar-refractivity contribution in [3.05, 3.63) is 51.9 Å². The van der Waals surface area contributed by atoms with Crippen molar-refractivity contribution in [1.29, 1.82) is 5.26 Å². The van der Waals surface area contributed by atoms with E-state index in [0.29, 0.717) is 16.8 Å². The van der Waals surface area contributed by atoms with E-state index in [0.717, 1.165) is 17.0 Å². The molecule has 2 N–H and O–H groups in total. The Balaban J connectivity index is 1.78. The van der Waals surface area contributed by atoms with Crippen LogP contribution in [0.2, 0.25) is 0 Å². The molecule has 2 aromatic rings. The summed E-state index contributed by atoms with van der Waals surface area (Å²) in [5.74, 6) is 0. The molecular weight excluding hydrogens is 284 g/mol. The Morgan fingerprint density at radius 1 is 1.43 bits per heavy atom. The zero-order valence-corrected chi connectivity index (χ0v) is 12.1. The summed E-state index contributed by atoms with van der Waals surface area (Å²) in [5, 5.41) is 13.2. The first-order valence-corrected chi connectivity index (χ1v) is 7.56. The molecule has 0 unspecified atom stereocenters. The van der Waals surface area contributed by atoms with Gasteiger partial charge in [0.1, 0.15) is 6.07 Å². The zero-order chi connectivity index (χ0) is 14.7. The number of rotatable bonds is 5. The van der Waals surface area contributed by atoms with Crippen LogP contribution >= 0.6 is 11.8 Å². The molecule has 6 heteroatoms.